The van der Waals surface area contributed by atoms with Gasteiger partial charge in [0.05, 0.1) is 10.9 Å². The summed E-state index contributed by atoms with van der Waals surface area (Å²) in [4.78, 5) is 4.15. The van der Waals surface area contributed by atoms with Crippen LogP contribution in [-0.4, -0.2) is 14.8 Å². The predicted octanol–water partition coefficient (Wildman–Crippen LogP) is 0.859. The fraction of sp³-hybridized carbons (Fsp3) is 0.250. The highest BCUT2D eigenvalue weighted by atomic mass is 15.3. The zero-order valence-corrected chi connectivity index (χ0v) is 7.07. The van der Waals surface area contributed by atoms with Gasteiger partial charge in [-0.1, -0.05) is 0 Å². The van der Waals surface area contributed by atoms with Gasteiger partial charge in [-0.2, -0.15) is 5.10 Å². The minimum Gasteiger partial charge on any atom is -0.382 e. The largest absolute Gasteiger partial charge is 0.382 e. The summed E-state index contributed by atoms with van der Waals surface area (Å²) < 4.78 is 1.76. The first kappa shape index (κ1) is 7.09. The molecule has 0 aromatic carbocycles. The Morgan fingerprint density at radius 3 is 3.00 bits per heavy atom. The van der Waals surface area contributed by atoms with Crippen molar-refractivity contribution in [3.05, 3.63) is 18.0 Å². The van der Waals surface area contributed by atoms with Crippen LogP contribution in [0, 0.1) is 6.92 Å². The number of aryl methyl sites for hydroxylation is 2. The molecule has 0 bridgehead atoms. The monoisotopic (exact) mass is 162 g/mol. The third-order valence-corrected chi connectivity index (χ3v) is 1.90. The van der Waals surface area contributed by atoms with Crippen LogP contribution in [0.25, 0.3) is 10.9 Å². The van der Waals surface area contributed by atoms with Crippen LogP contribution in [0.4, 0.5) is 5.82 Å². The van der Waals surface area contributed by atoms with E-state index in [1.807, 2.05) is 20.0 Å². The molecule has 62 valence electrons. The van der Waals surface area contributed by atoms with E-state index in [9.17, 15) is 0 Å². The molecule has 0 spiro atoms. The molecule has 0 amide bonds. The van der Waals surface area contributed by atoms with E-state index in [0.717, 1.165) is 16.6 Å². The minimum absolute atomic E-state index is 0.542. The maximum Gasteiger partial charge on any atom is 0.154 e. The number of fused-ring (bicyclic) bond motifs is 1. The predicted molar refractivity (Wildman–Crippen MR) is 47.7 cm³/mol. The van der Waals surface area contributed by atoms with Gasteiger partial charge in [-0.15, -0.1) is 0 Å². The highest BCUT2D eigenvalue weighted by Crippen LogP contribution is 2.18. The molecule has 4 heteroatoms. The smallest absolute Gasteiger partial charge is 0.154 e. The molecule has 0 atom stereocenters. The first-order valence-electron chi connectivity index (χ1n) is 3.73. The number of rotatable bonds is 0. The lowest BCUT2D eigenvalue weighted by molar-refractivity contribution is 0.801. The normalized spacial score (nSPS) is 10.8. The molecule has 2 N–H and O–H groups in total. The molecule has 0 aliphatic rings. The van der Waals surface area contributed by atoms with Gasteiger partial charge in [0.1, 0.15) is 0 Å². The quantitative estimate of drug-likeness (QED) is 0.625. The van der Waals surface area contributed by atoms with E-state index in [1.165, 1.54) is 0 Å². The van der Waals surface area contributed by atoms with E-state index in [0.29, 0.717) is 5.82 Å². The SMILES string of the molecule is Cc1cc2c(cn1)c(N)nn2C. The van der Waals surface area contributed by atoms with E-state index in [-0.39, 0.29) is 0 Å². The van der Waals surface area contributed by atoms with Crippen molar-refractivity contribution in [3.63, 3.8) is 0 Å². The summed E-state index contributed by atoms with van der Waals surface area (Å²) in [6, 6.07) is 1.97. The number of hydrogen-bond acceptors (Lipinski definition) is 3. The molecular weight excluding hydrogens is 152 g/mol. The second kappa shape index (κ2) is 2.20. The molecular formula is C8H10N4. The minimum atomic E-state index is 0.542. The number of anilines is 1. The zero-order chi connectivity index (χ0) is 8.72. The summed E-state index contributed by atoms with van der Waals surface area (Å²) in [7, 11) is 1.87. The van der Waals surface area contributed by atoms with Crippen molar-refractivity contribution < 1.29 is 0 Å². The van der Waals surface area contributed by atoms with E-state index < -0.39 is 0 Å². The molecule has 2 aromatic heterocycles. The number of hydrogen-bond donors (Lipinski definition) is 1. The Morgan fingerprint density at radius 1 is 1.50 bits per heavy atom. The molecule has 0 fully saturated rings. The lowest BCUT2D eigenvalue weighted by Crippen LogP contribution is -1.91. The van der Waals surface area contributed by atoms with Gasteiger partial charge < -0.3 is 5.73 Å². The molecule has 2 rings (SSSR count). The Labute approximate surface area is 70.0 Å². The van der Waals surface area contributed by atoms with E-state index in [2.05, 4.69) is 10.1 Å². The average Bonchev–Trinajstić information content (AvgIpc) is 2.28. The van der Waals surface area contributed by atoms with Crippen LogP contribution in [0.1, 0.15) is 5.69 Å². The van der Waals surface area contributed by atoms with Crippen molar-refractivity contribution in [1.82, 2.24) is 14.8 Å². The number of nitrogens with zero attached hydrogens (tertiary/aromatic N) is 3. The fourth-order valence-electron chi connectivity index (χ4n) is 1.28. The first-order valence-corrected chi connectivity index (χ1v) is 3.73. The average molecular weight is 162 g/mol. The highest BCUT2D eigenvalue weighted by Gasteiger charge is 2.04. The topological polar surface area (TPSA) is 56.7 Å². The Hall–Kier alpha value is -1.58. The molecule has 0 unspecified atom stereocenters. The van der Waals surface area contributed by atoms with Crippen molar-refractivity contribution in [2.24, 2.45) is 7.05 Å². The molecule has 2 aromatic rings. The molecule has 0 aliphatic heterocycles. The maximum absolute atomic E-state index is 5.66. The van der Waals surface area contributed by atoms with Crippen molar-refractivity contribution in [2.45, 2.75) is 6.92 Å². The highest BCUT2D eigenvalue weighted by molar-refractivity contribution is 5.88. The molecule has 0 radical (unpaired) electrons. The van der Waals surface area contributed by atoms with Gasteiger partial charge in [0.2, 0.25) is 0 Å². The maximum atomic E-state index is 5.66. The van der Waals surface area contributed by atoms with Crippen molar-refractivity contribution in [2.75, 3.05) is 5.73 Å². The standard InChI is InChI=1S/C8H10N4/c1-5-3-7-6(4-10-5)8(9)11-12(7)2/h3-4H,1-2H3,(H2,9,11). The Kier molecular flexibility index (Phi) is 1.30. The third-order valence-electron chi connectivity index (χ3n) is 1.90. The van der Waals surface area contributed by atoms with Crippen LogP contribution in [0.5, 0.6) is 0 Å². The summed E-state index contributed by atoms with van der Waals surface area (Å²) in [6.45, 7) is 1.95. The second-order valence-electron chi connectivity index (χ2n) is 2.85. The lowest BCUT2D eigenvalue weighted by Gasteiger charge is -1.93. The van der Waals surface area contributed by atoms with Crippen LogP contribution < -0.4 is 5.73 Å². The first-order chi connectivity index (χ1) is 5.68. The Balaban J connectivity index is 2.90. The van der Waals surface area contributed by atoms with Crippen LogP contribution >= 0.6 is 0 Å². The second-order valence-corrected chi connectivity index (χ2v) is 2.85. The van der Waals surface area contributed by atoms with Crippen LogP contribution in [0.15, 0.2) is 12.3 Å². The molecule has 0 saturated heterocycles. The van der Waals surface area contributed by atoms with Crippen molar-refractivity contribution in [3.8, 4) is 0 Å². The van der Waals surface area contributed by atoms with Crippen LogP contribution in [-0.2, 0) is 7.05 Å². The van der Waals surface area contributed by atoms with Crippen molar-refractivity contribution in [1.29, 1.82) is 0 Å². The van der Waals surface area contributed by atoms with Crippen LogP contribution in [0.2, 0.25) is 0 Å². The number of nitrogen functional groups attached to an aromatic ring is 1. The molecule has 12 heavy (non-hydrogen) atoms. The molecule has 0 aliphatic carbocycles. The van der Waals surface area contributed by atoms with Gasteiger partial charge >= 0.3 is 0 Å². The molecule has 0 saturated carbocycles. The summed E-state index contributed by atoms with van der Waals surface area (Å²) in [5.74, 6) is 0.542. The zero-order valence-electron chi connectivity index (χ0n) is 7.07. The number of aromatic nitrogens is 3. The van der Waals surface area contributed by atoms with E-state index in [1.54, 1.807) is 10.9 Å². The van der Waals surface area contributed by atoms with Gasteiger partial charge in [-0.05, 0) is 13.0 Å². The van der Waals surface area contributed by atoms with E-state index >= 15 is 0 Å². The fourth-order valence-corrected chi connectivity index (χ4v) is 1.28. The van der Waals surface area contributed by atoms with Gasteiger partial charge in [-0.3, -0.25) is 9.67 Å². The van der Waals surface area contributed by atoms with Crippen molar-refractivity contribution >= 4 is 16.7 Å². The van der Waals surface area contributed by atoms with Gasteiger partial charge in [0.15, 0.2) is 5.82 Å². The Morgan fingerprint density at radius 2 is 2.25 bits per heavy atom. The van der Waals surface area contributed by atoms with Gasteiger partial charge in [0, 0.05) is 18.9 Å². The van der Waals surface area contributed by atoms with Gasteiger partial charge in [-0.25, -0.2) is 0 Å². The molecule has 4 nitrogen and oxygen atoms in total. The van der Waals surface area contributed by atoms with E-state index in [4.69, 9.17) is 5.73 Å². The summed E-state index contributed by atoms with van der Waals surface area (Å²) >= 11 is 0. The summed E-state index contributed by atoms with van der Waals surface area (Å²) in [5, 5.41) is 5.01. The van der Waals surface area contributed by atoms with Gasteiger partial charge in [0.25, 0.3) is 0 Å². The number of pyridine rings is 1. The Bertz CT molecular complexity index is 430. The van der Waals surface area contributed by atoms with Crippen LogP contribution in [0.3, 0.4) is 0 Å². The molecule has 2 heterocycles. The lowest BCUT2D eigenvalue weighted by atomic mass is 10.3. The summed E-state index contributed by atoms with van der Waals surface area (Å²) in [5.41, 5.74) is 7.66. The summed E-state index contributed by atoms with van der Waals surface area (Å²) in [6.07, 6.45) is 1.76. The number of nitrogens with two attached hydrogens (primary N) is 1. The third kappa shape index (κ3) is 0.845.